The van der Waals surface area contributed by atoms with Gasteiger partial charge in [0.1, 0.15) is 16.7 Å². The van der Waals surface area contributed by atoms with E-state index in [1.807, 2.05) is 18.2 Å². The fraction of sp³-hybridized carbons (Fsp3) is 0.0952. The van der Waals surface area contributed by atoms with Crippen LogP contribution in [0.5, 0.6) is 5.75 Å². The molecule has 0 aromatic heterocycles. The molecule has 7 heteroatoms. The highest BCUT2D eigenvalue weighted by Crippen LogP contribution is 2.39. The van der Waals surface area contributed by atoms with E-state index in [1.54, 1.807) is 48.6 Å². The Morgan fingerprint density at radius 2 is 1.89 bits per heavy atom. The van der Waals surface area contributed by atoms with E-state index in [9.17, 15) is 14.7 Å². The number of ether oxygens (including phenoxy) is 1. The normalized spacial score (nSPS) is 16.3. The summed E-state index contributed by atoms with van der Waals surface area (Å²) in [7, 11) is 0. The van der Waals surface area contributed by atoms with Crippen LogP contribution < -0.4 is 4.74 Å². The molecule has 1 heterocycles. The first kappa shape index (κ1) is 19.9. The third-order valence-electron chi connectivity index (χ3n) is 3.99. The predicted octanol–water partition coefficient (Wildman–Crippen LogP) is 4.28. The lowest BCUT2D eigenvalue weighted by atomic mass is 10.1. The monoisotopic (exact) mass is 411 g/mol. The SMILES string of the molecule is C=CCOc1ccccc1/C=C1\SC(=S)N([C@H](C(=O)O)c2ccccc2)C1=O. The van der Waals surface area contributed by atoms with Crippen LogP contribution in [-0.4, -0.2) is 32.8 Å². The highest BCUT2D eigenvalue weighted by atomic mass is 32.2. The van der Waals surface area contributed by atoms with Gasteiger partial charge in [-0.15, -0.1) is 0 Å². The molecule has 0 unspecified atom stereocenters. The van der Waals surface area contributed by atoms with Crippen molar-refractivity contribution in [3.8, 4) is 5.75 Å². The van der Waals surface area contributed by atoms with E-state index < -0.39 is 17.9 Å². The third-order valence-corrected chi connectivity index (χ3v) is 5.32. The van der Waals surface area contributed by atoms with Crippen LogP contribution in [0.15, 0.2) is 72.2 Å². The second-order valence-corrected chi connectivity index (χ2v) is 7.52. The van der Waals surface area contributed by atoms with E-state index in [0.717, 1.165) is 16.7 Å². The van der Waals surface area contributed by atoms with Crippen LogP contribution in [0.1, 0.15) is 17.2 Å². The molecule has 1 saturated heterocycles. The molecule has 1 aliphatic heterocycles. The van der Waals surface area contributed by atoms with Gasteiger partial charge in [-0.25, -0.2) is 4.79 Å². The maximum atomic E-state index is 13.0. The summed E-state index contributed by atoms with van der Waals surface area (Å²) in [6.45, 7) is 3.96. The minimum atomic E-state index is -1.17. The number of carbonyl (C=O) groups excluding carboxylic acids is 1. The van der Waals surface area contributed by atoms with Crippen LogP contribution in [0, 0.1) is 0 Å². The van der Waals surface area contributed by atoms with Crippen molar-refractivity contribution in [1.29, 1.82) is 0 Å². The number of carboxylic acid groups (broad SMARTS) is 1. The van der Waals surface area contributed by atoms with Crippen LogP contribution in [-0.2, 0) is 9.59 Å². The molecule has 1 atom stereocenters. The summed E-state index contributed by atoms with van der Waals surface area (Å²) in [4.78, 5) is 26.4. The predicted molar refractivity (Wildman–Crippen MR) is 114 cm³/mol. The van der Waals surface area contributed by atoms with Crippen molar-refractivity contribution in [3.63, 3.8) is 0 Å². The zero-order valence-electron chi connectivity index (χ0n) is 14.8. The van der Waals surface area contributed by atoms with E-state index in [4.69, 9.17) is 17.0 Å². The van der Waals surface area contributed by atoms with Crippen molar-refractivity contribution in [3.05, 3.63) is 83.3 Å². The molecular formula is C21H17NO4S2. The number of thiocarbonyl (C=S) groups is 1. The minimum Gasteiger partial charge on any atom is -0.489 e. The number of carbonyl (C=O) groups is 2. The Morgan fingerprint density at radius 3 is 2.57 bits per heavy atom. The highest BCUT2D eigenvalue weighted by Gasteiger charge is 2.41. The molecule has 1 amide bonds. The summed E-state index contributed by atoms with van der Waals surface area (Å²) in [5.74, 6) is -0.978. The minimum absolute atomic E-state index is 0.206. The maximum Gasteiger partial charge on any atom is 0.331 e. The molecule has 2 aromatic rings. The topological polar surface area (TPSA) is 66.8 Å². The van der Waals surface area contributed by atoms with E-state index in [0.29, 0.717) is 28.4 Å². The van der Waals surface area contributed by atoms with E-state index in [-0.39, 0.29) is 4.32 Å². The van der Waals surface area contributed by atoms with Crippen LogP contribution in [0.2, 0.25) is 0 Å². The van der Waals surface area contributed by atoms with Gasteiger partial charge < -0.3 is 9.84 Å². The van der Waals surface area contributed by atoms with Gasteiger partial charge in [-0.05, 0) is 17.7 Å². The Labute approximate surface area is 172 Å². The smallest absolute Gasteiger partial charge is 0.331 e. The number of para-hydroxylation sites is 1. The zero-order chi connectivity index (χ0) is 20.1. The first-order valence-corrected chi connectivity index (χ1v) is 9.63. The van der Waals surface area contributed by atoms with Crippen LogP contribution in [0.25, 0.3) is 6.08 Å². The molecule has 0 spiro atoms. The van der Waals surface area contributed by atoms with Gasteiger partial charge in [0.25, 0.3) is 5.91 Å². The van der Waals surface area contributed by atoms with Gasteiger partial charge in [0.15, 0.2) is 6.04 Å². The van der Waals surface area contributed by atoms with Gasteiger partial charge in [0.05, 0.1) is 4.91 Å². The van der Waals surface area contributed by atoms with Gasteiger partial charge in [-0.1, -0.05) is 85.2 Å². The molecule has 5 nitrogen and oxygen atoms in total. The van der Waals surface area contributed by atoms with E-state index >= 15 is 0 Å². The van der Waals surface area contributed by atoms with Crippen molar-refractivity contribution in [2.24, 2.45) is 0 Å². The molecule has 1 aliphatic rings. The lowest BCUT2D eigenvalue weighted by Gasteiger charge is -2.23. The second kappa shape index (κ2) is 8.86. The van der Waals surface area contributed by atoms with Crippen molar-refractivity contribution in [2.45, 2.75) is 6.04 Å². The van der Waals surface area contributed by atoms with Gasteiger partial charge in [0.2, 0.25) is 0 Å². The summed E-state index contributed by atoms with van der Waals surface area (Å²) in [6, 6.07) is 14.7. The molecule has 0 aliphatic carbocycles. The van der Waals surface area contributed by atoms with Gasteiger partial charge >= 0.3 is 5.97 Å². The molecule has 0 saturated carbocycles. The standard InChI is InChI=1S/C21H17NO4S2/c1-2-12-26-16-11-7-6-10-15(16)13-17-19(23)22(21(27)28-17)18(20(24)25)14-8-4-3-5-9-14/h2-11,13,18H,1,12H2,(H,24,25)/b17-13-/t18-/m0/s1. The lowest BCUT2D eigenvalue weighted by molar-refractivity contribution is -0.145. The Hall–Kier alpha value is -2.90. The number of hydrogen-bond acceptors (Lipinski definition) is 5. The molecule has 0 bridgehead atoms. The van der Waals surface area contributed by atoms with E-state index in [1.165, 1.54) is 0 Å². The lowest BCUT2D eigenvalue weighted by Crippen LogP contribution is -2.37. The second-order valence-electron chi connectivity index (χ2n) is 5.84. The summed E-state index contributed by atoms with van der Waals surface area (Å²) in [5.41, 5.74) is 1.19. The third kappa shape index (κ3) is 4.16. The van der Waals surface area contributed by atoms with Crippen molar-refractivity contribution < 1.29 is 19.4 Å². The average molecular weight is 412 g/mol. The Kier molecular flexibility index (Phi) is 6.28. The van der Waals surface area contributed by atoms with Crippen molar-refractivity contribution in [1.82, 2.24) is 4.90 Å². The summed E-state index contributed by atoms with van der Waals surface area (Å²) in [5, 5.41) is 9.73. The molecular weight excluding hydrogens is 394 g/mol. The summed E-state index contributed by atoms with van der Waals surface area (Å²) >= 11 is 6.41. The first-order valence-electron chi connectivity index (χ1n) is 8.40. The number of thioether (sulfide) groups is 1. The average Bonchev–Trinajstić information content (AvgIpc) is 2.96. The number of rotatable bonds is 7. The number of nitrogens with zero attached hydrogens (tertiary/aromatic N) is 1. The fourth-order valence-corrected chi connectivity index (χ4v) is 4.06. The quantitative estimate of drug-likeness (QED) is 0.417. The van der Waals surface area contributed by atoms with Crippen LogP contribution in [0.4, 0.5) is 0 Å². The van der Waals surface area contributed by atoms with Crippen LogP contribution in [0.3, 0.4) is 0 Å². The number of hydrogen-bond donors (Lipinski definition) is 1. The fourth-order valence-electron chi connectivity index (χ4n) is 2.76. The molecule has 142 valence electrons. The number of aliphatic carboxylic acids is 1. The summed E-state index contributed by atoms with van der Waals surface area (Å²) in [6.07, 6.45) is 3.30. The number of carboxylic acids is 1. The first-order chi connectivity index (χ1) is 13.5. The summed E-state index contributed by atoms with van der Waals surface area (Å²) < 4.78 is 5.82. The van der Waals surface area contributed by atoms with Gasteiger partial charge in [0, 0.05) is 5.56 Å². The molecule has 0 radical (unpaired) electrons. The molecule has 1 fully saturated rings. The van der Waals surface area contributed by atoms with Gasteiger partial charge in [-0.2, -0.15) is 0 Å². The van der Waals surface area contributed by atoms with Crippen LogP contribution >= 0.6 is 24.0 Å². The number of amides is 1. The van der Waals surface area contributed by atoms with Crippen molar-refractivity contribution in [2.75, 3.05) is 6.61 Å². The molecule has 28 heavy (non-hydrogen) atoms. The largest absolute Gasteiger partial charge is 0.489 e. The highest BCUT2D eigenvalue weighted by molar-refractivity contribution is 8.26. The molecule has 2 aromatic carbocycles. The number of benzene rings is 2. The van der Waals surface area contributed by atoms with Crippen molar-refractivity contribution >= 4 is 46.3 Å². The van der Waals surface area contributed by atoms with Gasteiger partial charge in [-0.3, -0.25) is 9.69 Å². The Morgan fingerprint density at radius 1 is 1.21 bits per heavy atom. The zero-order valence-corrected chi connectivity index (χ0v) is 16.4. The maximum absolute atomic E-state index is 13.0. The Bertz CT molecular complexity index is 956. The molecule has 3 rings (SSSR count). The Balaban J connectivity index is 1.95. The van der Waals surface area contributed by atoms with E-state index in [2.05, 4.69) is 6.58 Å². The molecule has 1 N–H and O–H groups in total.